The van der Waals surface area contributed by atoms with Crippen molar-refractivity contribution in [2.24, 2.45) is 0 Å². The number of alkyl halides is 1. The van der Waals surface area contributed by atoms with Crippen molar-refractivity contribution in [3.8, 4) is 5.82 Å². The molecule has 0 amide bonds. The van der Waals surface area contributed by atoms with Gasteiger partial charge in [-0.2, -0.15) is 5.10 Å². The van der Waals surface area contributed by atoms with Crippen LogP contribution in [0.5, 0.6) is 0 Å². The molecule has 0 aromatic carbocycles. The fraction of sp³-hybridized carbons (Fsp3) is 0.200. The standard InChI is InChI=1S/C10H9ClIN3/c1-7-2-8(4-11)3-10(14-7)15-6-9(12)5-13-15/h2-3,5-6H,4H2,1H3. The number of hydrogen-bond donors (Lipinski definition) is 0. The van der Waals surface area contributed by atoms with Crippen molar-refractivity contribution < 1.29 is 0 Å². The van der Waals surface area contributed by atoms with Gasteiger partial charge in [-0.1, -0.05) is 0 Å². The van der Waals surface area contributed by atoms with Crippen molar-refractivity contribution in [2.75, 3.05) is 0 Å². The van der Waals surface area contributed by atoms with E-state index in [1.54, 1.807) is 10.9 Å². The van der Waals surface area contributed by atoms with E-state index in [1.807, 2.05) is 25.3 Å². The lowest BCUT2D eigenvalue weighted by Gasteiger charge is -2.04. The summed E-state index contributed by atoms with van der Waals surface area (Å²) in [6.07, 6.45) is 3.73. The zero-order chi connectivity index (χ0) is 10.8. The molecule has 0 aliphatic rings. The molecule has 2 aromatic heterocycles. The van der Waals surface area contributed by atoms with Crippen LogP contribution in [-0.4, -0.2) is 14.8 Å². The average Bonchev–Trinajstić information content (AvgIpc) is 2.64. The Morgan fingerprint density at radius 3 is 2.87 bits per heavy atom. The van der Waals surface area contributed by atoms with Gasteiger partial charge < -0.3 is 0 Å². The van der Waals surface area contributed by atoms with Crippen molar-refractivity contribution >= 4 is 34.2 Å². The highest BCUT2D eigenvalue weighted by Crippen LogP contribution is 2.12. The van der Waals surface area contributed by atoms with Crippen LogP contribution in [0.25, 0.3) is 5.82 Å². The second-order valence-corrected chi connectivity index (χ2v) is 4.72. The predicted octanol–water partition coefficient (Wildman–Crippen LogP) is 2.92. The first-order valence-corrected chi connectivity index (χ1v) is 6.04. The molecule has 0 saturated heterocycles. The second-order valence-electron chi connectivity index (χ2n) is 3.21. The second kappa shape index (κ2) is 4.49. The smallest absolute Gasteiger partial charge is 0.153 e. The maximum absolute atomic E-state index is 5.80. The SMILES string of the molecule is Cc1cc(CCl)cc(-n2cc(I)cn2)n1. The predicted molar refractivity (Wildman–Crippen MR) is 68.4 cm³/mol. The molecular weight excluding hydrogens is 324 g/mol. The lowest BCUT2D eigenvalue weighted by Crippen LogP contribution is -2.00. The Morgan fingerprint density at radius 2 is 2.27 bits per heavy atom. The number of nitrogens with zero attached hydrogens (tertiary/aromatic N) is 3. The maximum atomic E-state index is 5.80. The third kappa shape index (κ3) is 2.49. The van der Waals surface area contributed by atoms with E-state index in [0.29, 0.717) is 5.88 Å². The molecule has 2 rings (SSSR count). The van der Waals surface area contributed by atoms with E-state index in [9.17, 15) is 0 Å². The fourth-order valence-electron chi connectivity index (χ4n) is 1.34. The Hall–Kier alpha value is -0.620. The topological polar surface area (TPSA) is 30.7 Å². The van der Waals surface area contributed by atoms with Crippen LogP contribution in [-0.2, 0) is 5.88 Å². The molecule has 0 aliphatic carbocycles. The van der Waals surface area contributed by atoms with Gasteiger partial charge in [0.2, 0.25) is 0 Å². The number of halogens is 2. The minimum Gasteiger partial charge on any atom is -0.234 e. The van der Waals surface area contributed by atoms with E-state index in [0.717, 1.165) is 20.6 Å². The van der Waals surface area contributed by atoms with Gasteiger partial charge in [0.15, 0.2) is 5.82 Å². The number of pyridine rings is 1. The van der Waals surface area contributed by atoms with Crippen LogP contribution in [0.1, 0.15) is 11.3 Å². The molecule has 2 heterocycles. The molecule has 0 aliphatic heterocycles. The van der Waals surface area contributed by atoms with E-state index in [1.165, 1.54) is 0 Å². The third-order valence-electron chi connectivity index (χ3n) is 1.94. The molecule has 3 nitrogen and oxygen atoms in total. The van der Waals surface area contributed by atoms with Gasteiger partial charge in [-0.15, -0.1) is 11.6 Å². The first-order chi connectivity index (χ1) is 7.19. The molecule has 0 bridgehead atoms. The van der Waals surface area contributed by atoms with Gasteiger partial charge in [0.05, 0.1) is 9.77 Å². The van der Waals surface area contributed by atoms with Gasteiger partial charge >= 0.3 is 0 Å². The highest BCUT2D eigenvalue weighted by molar-refractivity contribution is 14.1. The summed E-state index contributed by atoms with van der Waals surface area (Å²) in [7, 11) is 0. The van der Waals surface area contributed by atoms with Crippen LogP contribution in [0.2, 0.25) is 0 Å². The molecule has 0 fully saturated rings. The Labute approximate surface area is 107 Å². The van der Waals surface area contributed by atoms with E-state index in [-0.39, 0.29) is 0 Å². The normalized spacial score (nSPS) is 10.6. The number of rotatable bonds is 2. The number of aryl methyl sites for hydroxylation is 1. The van der Waals surface area contributed by atoms with E-state index in [4.69, 9.17) is 11.6 Å². The van der Waals surface area contributed by atoms with Crippen molar-refractivity contribution in [1.29, 1.82) is 0 Å². The molecule has 0 unspecified atom stereocenters. The minimum atomic E-state index is 0.495. The van der Waals surface area contributed by atoms with Crippen molar-refractivity contribution in [1.82, 2.24) is 14.8 Å². The van der Waals surface area contributed by atoms with E-state index < -0.39 is 0 Å². The van der Waals surface area contributed by atoms with E-state index >= 15 is 0 Å². The Kier molecular flexibility index (Phi) is 3.25. The molecule has 0 atom stereocenters. The van der Waals surface area contributed by atoms with Crippen LogP contribution < -0.4 is 0 Å². The fourth-order valence-corrected chi connectivity index (χ4v) is 1.88. The lowest BCUT2D eigenvalue weighted by atomic mass is 10.2. The van der Waals surface area contributed by atoms with Crippen LogP contribution in [0.4, 0.5) is 0 Å². The minimum absolute atomic E-state index is 0.495. The van der Waals surface area contributed by atoms with Gasteiger partial charge in [0.1, 0.15) is 0 Å². The highest BCUT2D eigenvalue weighted by atomic mass is 127. The summed E-state index contributed by atoms with van der Waals surface area (Å²) in [6.45, 7) is 1.95. The summed E-state index contributed by atoms with van der Waals surface area (Å²) in [4.78, 5) is 4.40. The largest absolute Gasteiger partial charge is 0.234 e. The summed E-state index contributed by atoms with van der Waals surface area (Å²) in [5, 5.41) is 4.21. The van der Waals surface area contributed by atoms with Gasteiger partial charge in [0.25, 0.3) is 0 Å². The molecule has 0 saturated carbocycles. The van der Waals surface area contributed by atoms with Gasteiger partial charge in [0, 0.05) is 17.8 Å². The first kappa shape index (κ1) is 10.9. The molecule has 0 N–H and O–H groups in total. The first-order valence-electron chi connectivity index (χ1n) is 4.43. The van der Waals surface area contributed by atoms with Crippen LogP contribution in [0, 0.1) is 10.5 Å². The Morgan fingerprint density at radius 1 is 1.47 bits per heavy atom. The zero-order valence-electron chi connectivity index (χ0n) is 8.11. The molecule has 78 valence electrons. The molecule has 0 spiro atoms. The summed E-state index contributed by atoms with van der Waals surface area (Å²) in [5.41, 5.74) is 2.01. The molecular formula is C10H9ClIN3. The van der Waals surface area contributed by atoms with Crippen LogP contribution >= 0.6 is 34.2 Å². The summed E-state index contributed by atoms with van der Waals surface area (Å²) < 4.78 is 2.84. The molecule has 2 aromatic rings. The van der Waals surface area contributed by atoms with Gasteiger partial charge in [-0.25, -0.2) is 9.67 Å². The zero-order valence-corrected chi connectivity index (χ0v) is 11.0. The quantitative estimate of drug-likeness (QED) is 0.625. The van der Waals surface area contributed by atoms with Crippen LogP contribution in [0.3, 0.4) is 0 Å². The highest BCUT2D eigenvalue weighted by Gasteiger charge is 2.03. The average molecular weight is 334 g/mol. The maximum Gasteiger partial charge on any atom is 0.153 e. The molecule has 5 heteroatoms. The van der Waals surface area contributed by atoms with Gasteiger partial charge in [-0.3, -0.25) is 0 Å². The number of aromatic nitrogens is 3. The molecule has 15 heavy (non-hydrogen) atoms. The Bertz CT molecular complexity index is 481. The summed E-state index contributed by atoms with van der Waals surface area (Å²) in [6, 6.07) is 3.92. The lowest BCUT2D eigenvalue weighted by molar-refractivity contribution is 0.838. The third-order valence-corrected chi connectivity index (χ3v) is 2.81. The monoisotopic (exact) mass is 333 g/mol. The van der Waals surface area contributed by atoms with E-state index in [2.05, 4.69) is 32.7 Å². The van der Waals surface area contributed by atoms with Gasteiger partial charge in [-0.05, 0) is 47.2 Å². The summed E-state index contributed by atoms with van der Waals surface area (Å²) in [5.74, 6) is 1.31. The number of hydrogen-bond acceptors (Lipinski definition) is 2. The van der Waals surface area contributed by atoms with Crippen LogP contribution in [0.15, 0.2) is 24.5 Å². The van der Waals surface area contributed by atoms with Crippen molar-refractivity contribution in [3.05, 3.63) is 39.4 Å². The Balaban J connectivity index is 2.48. The van der Waals surface area contributed by atoms with Crippen molar-refractivity contribution in [2.45, 2.75) is 12.8 Å². The van der Waals surface area contributed by atoms with Crippen molar-refractivity contribution in [3.63, 3.8) is 0 Å². The summed E-state index contributed by atoms with van der Waals surface area (Å²) >= 11 is 8.02. The molecule has 0 radical (unpaired) electrons.